The van der Waals surface area contributed by atoms with Crippen molar-refractivity contribution in [3.63, 3.8) is 0 Å². The number of nitrogens with one attached hydrogen (secondary N) is 1. The summed E-state index contributed by atoms with van der Waals surface area (Å²) in [5.74, 6) is 2.53. The SMILES string of the molecule is CN=C(NCC(C)SC)N1CCN(CC(=O)N2CC(C)CC(C)C2)CC1.I. The van der Waals surface area contributed by atoms with E-state index in [-0.39, 0.29) is 24.0 Å². The van der Waals surface area contributed by atoms with Crippen LogP contribution in [0.5, 0.6) is 0 Å². The van der Waals surface area contributed by atoms with Gasteiger partial charge in [0.1, 0.15) is 0 Å². The molecule has 0 aromatic heterocycles. The normalized spacial score (nSPS) is 25.7. The van der Waals surface area contributed by atoms with Gasteiger partial charge in [-0.15, -0.1) is 24.0 Å². The quantitative estimate of drug-likeness (QED) is 0.348. The minimum absolute atomic E-state index is 0. The Labute approximate surface area is 186 Å². The van der Waals surface area contributed by atoms with E-state index in [9.17, 15) is 4.79 Å². The van der Waals surface area contributed by atoms with Gasteiger partial charge in [-0.2, -0.15) is 11.8 Å². The van der Waals surface area contributed by atoms with Crippen LogP contribution in [0.2, 0.25) is 0 Å². The highest BCUT2D eigenvalue weighted by molar-refractivity contribution is 14.0. The third kappa shape index (κ3) is 7.97. The number of hydrogen-bond acceptors (Lipinski definition) is 4. The molecule has 2 aliphatic rings. The zero-order chi connectivity index (χ0) is 19.1. The number of amides is 1. The van der Waals surface area contributed by atoms with Crippen molar-refractivity contribution in [1.82, 2.24) is 20.0 Å². The summed E-state index contributed by atoms with van der Waals surface area (Å²) in [6.45, 7) is 13.8. The molecule has 27 heavy (non-hydrogen) atoms. The van der Waals surface area contributed by atoms with Gasteiger partial charge in [-0.1, -0.05) is 20.8 Å². The molecule has 2 fully saturated rings. The second kappa shape index (κ2) is 12.4. The average Bonchev–Trinajstić information content (AvgIpc) is 2.62. The zero-order valence-corrected chi connectivity index (χ0v) is 20.8. The van der Waals surface area contributed by atoms with E-state index < -0.39 is 0 Å². The number of carbonyl (C=O) groups is 1. The maximum atomic E-state index is 12.7. The van der Waals surface area contributed by atoms with Crippen LogP contribution in [0.1, 0.15) is 27.2 Å². The van der Waals surface area contributed by atoms with Crippen LogP contribution in [0.3, 0.4) is 0 Å². The minimum Gasteiger partial charge on any atom is -0.355 e. The number of hydrogen-bond donors (Lipinski definition) is 1. The Hall–Kier alpha value is -0.220. The molecule has 0 aromatic carbocycles. The predicted molar refractivity (Wildman–Crippen MR) is 127 cm³/mol. The monoisotopic (exact) mass is 511 g/mol. The molecule has 2 saturated heterocycles. The van der Waals surface area contributed by atoms with Crippen LogP contribution in [-0.2, 0) is 4.79 Å². The molecule has 3 atom stereocenters. The molecule has 6 nitrogen and oxygen atoms in total. The van der Waals surface area contributed by atoms with Crippen molar-refractivity contribution in [1.29, 1.82) is 0 Å². The fraction of sp³-hybridized carbons (Fsp3) is 0.895. The van der Waals surface area contributed by atoms with Gasteiger partial charge in [-0.3, -0.25) is 14.7 Å². The second-order valence-electron chi connectivity index (χ2n) is 7.98. The van der Waals surface area contributed by atoms with Crippen molar-refractivity contribution in [2.75, 3.05) is 65.7 Å². The van der Waals surface area contributed by atoms with E-state index >= 15 is 0 Å². The first kappa shape index (κ1) is 24.8. The lowest BCUT2D eigenvalue weighted by Crippen LogP contribution is -2.55. The van der Waals surface area contributed by atoms with Gasteiger partial charge in [0.15, 0.2) is 5.96 Å². The first-order valence-electron chi connectivity index (χ1n) is 9.91. The summed E-state index contributed by atoms with van der Waals surface area (Å²) in [5, 5.41) is 4.04. The smallest absolute Gasteiger partial charge is 0.236 e. The summed E-state index contributed by atoms with van der Waals surface area (Å²) in [7, 11) is 1.85. The summed E-state index contributed by atoms with van der Waals surface area (Å²) in [6, 6.07) is 0. The van der Waals surface area contributed by atoms with Crippen molar-refractivity contribution in [2.45, 2.75) is 32.4 Å². The second-order valence-corrected chi connectivity index (χ2v) is 9.26. The van der Waals surface area contributed by atoms with Crippen LogP contribution in [-0.4, -0.2) is 97.5 Å². The number of rotatable bonds is 5. The van der Waals surface area contributed by atoms with E-state index in [4.69, 9.17) is 0 Å². The molecule has 2 rings (SSSR count). The Bertz CT molecular complexity index is 475. The number of thioether (sulfide) groups is 1. The van der Waals surface area contributed by atoms with Crippen LogP contribution in [0.4, 0.5) is 0 Å². The number of nitrogens with zero attached hydrogens (tertiary/aromatic N) is 4. The van der Waals surface area contributed by atoms with E-state index in [0.29, 0.717) is 29.5 Å². The molecule has 1 amide bonds. The van der Waals surface area contributed by atoms with Crippen LogP contribution in [0.25, 0.3) is 0 Å². The highest BCUT2D eigenvalue weighted by atomic mass is 127. The van der Waals surface area contributed by atoms with E-state index in [2.05, 4.69) is 52.0 Å². The molecular weight excluding hydrogens is 473 g/mol. The van der Waals surface area contributed by atoms with Gasteiger partial charge >= 0.3 is 0 Å². The van der Waals surface area contributed by atoms with Crippen molar-refractivity contribution >= 4 is 47.6 Å². The maximum absolute atomic E-state index is 12.7. The number of carbonyl (C=O) groups excluding carboxylic acids is 1. The Kier molecular flexibility index (Phi) is 11.4. The molecule has 0 bridgehead atoms. The Balaban J connectivity index is 0.00000364. The maximum Gasteiger partial charge on any atom is 0.236 e. The van der Waals surface area contributed by atoms with Crippen molar-refractivity contribution in [3.8, 4) is 0 Å². The number of halogens is 1. The molecule has 0 aliphatic carbocycles. The van der Waals surface area contributed by atoms with Gasteiger partial charge in [0, 0.05) is 58.1 Å². The fourth-order valence-electron chi connectivity index (χ4n) is 3.93. The lowest BCUT2D eigenvalue weighted by molar-refractivity contribution is -0.135. The van der Waals surface area contributed by atoms with E-state index in [1.165, 1.54) is 6.42 Å². The molecule has 3 unspecified atom stereocenters. The fourth-order valence-corrected chi connectivity index (χ4v) is 4.18. The number of likely N-dealkylation sites (tertiary alicyclic amines) is 1. The van der Waals surface area contributed by atoms with Gasteiger partial charge in [-0.25, -0.2) is 0 Å². The number of aliphatic imine (C=N–C) groups is 1. The van der Waals surface area contributed by atoms with Gasteiger partial charge in [0.05, 0.1) is 6.54 Å². The highest BCUT2D eigenvalue weighted by Crippen LogP contribution is 2.21. The first-order valence-corrected chi connectivity index (χ1v) is 11.2. The molecule has 0 saturated carbocycles. The Morgan fingerprint density at radius 2 is 1.74 bits per heavy atom. The summed E-state index contributed by atoms with van der Waals surface area (Å²) >= 11 is 1.86. The van der Waals surface area contributed by atoms with Crippen LogP contribution in [0.15, 0.2) is 4.99 Å². The Morgan fingerprint density at radius 3 is 2.26 bits per heavy atom. The van der Waals surface area contributed by atoms with Gasteiger partial charge < -0.3 is 15.1 Å². The van der Waals surface area contributed by atoms with Crippen LogP contribution < -0.4 is 5.32 Å². The number of piperidine rings is 1. The van der Waals surface area contributed by atoms with Crippen molar-refractivity contribution < 1.29 is 4.79 Å². The Morgan fingerprint density at radius 1 is 1.15 bits per heavy atom. The van der Waals surface area contributed by atoms with Crippen LogP contribution in [0, 0.1) is 11.8 Å². The number of guanidine groups is 1. The summed E-state index contributed by atoms with van der Waals surface area (Å²) < 4.78 is 0. The summed E-state index contributed by atoms with van der Waals surface area (Å²) in [5.41, 5.74) is 0. The highest BCUT2D eigenvalue weighted by Gasteiger charge is 2.28. The molecule has 2 heterocycles. The number of piperazine rings is 1. The lowest BCUT2D eigenvalue weighted by atomic mass is 9.92. The van der Waals surface area contributed by atoms with Gasteiger partial charge in [0.25, 0.3) is 0 Å². The first-order chi connectivity index (χ1) is 12.4. The van der Waals surface area contributed by atoms with Crippen LogP contribution >= 0.6 is 35.7 Å². The molecule has 158 valence electrons. The van der Waals surface area contributed by atoms with Gasteiger partial charge in [0.2, 0.25) is 5.91 Å². The van der Waals surface area contributed by atoms with E-state index in [0.717, 1.165) is 51.8 Å². The molecule has 8 heteroatoms. The molecule has 0 spiro atoms. The van der Waals surface area contributed by atoms with Gasteiger partial charge in [-0.05, 0) is 24.5 Å². The zero-order valence-electron chi connectivity index (χ0n) is 17.6. The third-order valence-corrected chi connectivity index (χ3v) is 6.39. The third-order valence-electron chi connectivity index (χ3n) is 5.41. The average molecular weight is 512 g/mol. The molecule has 0 radical (unpaired) electrons. The summed E-state index contributed by atoms with van der Waals surface area (Å²) in [6.07, 6.45) is 3.37. The van der Waals surface area contributed by atoms with Crippen molar-refractivity contribution in [3.05, 3.63) is 0 Å². The van der Waals surface area contributed by atoms with Crippen molar-refractivity contribution in [2.24, 2.45) is 16.8 Å². The minimum atomic E-state index is 0. The largest absolute Gasteiger partial charge is 0.355 e. The van der Waals surface area contributed by atoms with E-state index in [1.54, 1.807) is 0 Å². The summed E-state index contributed by atoms with van der Waals surface area (Å²) in [4.78, 5) is 23.8. The molecule has 0 aromatic rings. The predicted octanol–water partition coefficient (Wildman–Crippen LogP) is 2.05. The molecular formula is C19H38IN5OS. The lowest BCUT2D eigenvalue weighted by Gasteiger charge is -2.39. The standard InChI is InChI=1S/C19H37N5OS.HI/c1-15-10-16(2)13-24(12-15)18(25)14-22-6-8-23(9-7-22)19(20-4)21-11-17(3)26-5;/h15-17H,6-14H2,1-5H3,(H,20,21);1H. The van der Waals surface area contributed by atoms with E-state index in [1.807, 2.05) is 18.8 Å². The topological polar surface area (TPSA) is 51.2 Å². The molecule has 2 aliphatic heterocycles. The molecule has 1 N–H and O–H groups in total.